The van der Waals surface area contributed by atoms with Gasteiger partial charge in [-0.25, -0.2) is 19.9 Å². The van der Waals surface area contributed by atoms with Gasteiger partial charge in [-0.2, -0.15) is 4.98 Å². The van der Waals surface area contributed by atoms with E-state index in [4.69, 9.17) is 4.74 Å². The second-order valence-electron chi connectivity index (χ2n) is 9.32. The number of fused-ring (bicyclic) bond motifs is 1. The molecule has 9 nitrogen and oxygen atoms in total. The van der Waals surface area contributed by atoms with E-state index < -0.39 is 0 Å². The normalized spacial score (nSPS) is 19.1. The van der Waals surface area contributed by atoms with Gasteiger partial charge in [-0.05, 0) is 72.7 Å². The van der Waals surface area contributed by atoms with Gasteiger partial charge >= 0.3 is 6.01 Å². The lowest BCUT2D eigenvalue weighted by atomic mass is 10.2. The molecule has 0 aliphatic heterocycles. The first-order valence-corrected chi connectivity index (χ1v) is 12.5. The average molecular weight is 534 g/mol. The summed E-state index contributed by atoms with van der Waals surface area (Å²) in [6.45, 7) is 3.98. The minimum atomic E-state index is -0.159. The molecule has 0 spiro atoms. The van der Waals surface area contributed by atoms with Crippen molar-refractivity contribution in [3.63, 3.8) is 0 Å². The quantitative estimate of drug-likeness (QED) is 0.372. The van der Waals surface area contributed by atoms with Crippen LogP contribution in [0.2, 0.25) is 0 Å². The molecule has 2 aliphatic carbocycles. The van der Waals surface area contributed by atoms with Gasteiger partial charge in [0.2, 0.25) is 5.91 Å². The number of amides is 1. The van der Waals surface area contributed by atoms with Crippen LogP contribution in [-0.2, 0) is 11.4 Å². The topological polar surface area (TPSA) is 107 Å². The minimum absolute atomic E-state index is 0.0448. The molecule has 35 heavy (non-hydrogen) atoms. The molecule has 4 aromatic heterocycles. The summed E-state index contributed by atoms with van der Waals surface area (Å²) >= 11 is 3.64. The summed E-state index contributed by atoms with van der Waals surface area (Å²) < 4.78 is 8.85. The van der Waals surface area contributed by atoms with Crippen molar-refractivity contribution < 1.29 is 9.53 Å². The largest absolute Gasteiger partial charge is 0.457 e. The zero-order valence-electron chi connectivity index (χ0n) is 19.4. The maximum Gasteiger partial charge on any atom is 0.318 e. The number of hydrogen-bond acceptors (Lipinski definition) is 7. The van der Waals surface area contributed by atoms with Crippen molar-refractivity contribution >= 4 is 33.3 Å². The summed E-state index contributed by atoms with van der Waals surface area (Å²) in [7, 11) is 0. The number of imidazole rings is 1. The third-order valence-electron chi connectivity index (χ3n) is 6.33. The maximum atomic E-state index is 12.8. The Balaban J connectivity index is 1.12. The van der Waals surface area contributed by atoms with Crippen LogP contribution in [0.5, 0.6) is 6.01 Å². The van der Waals surface area contributed by atoms with Crippen molar-refractivity contribution in [1.29, 1.82) is 0 Å². The summed E-state index contributed by atoms with van der Waals surface area (Å²) in [5.74, 6) is 1.58. The Bertz CT molecular complexity index is 1450. The molecule has 0 radical (unpaired) electrons. The highest BCUT2D eigenvalue weighted by atomic mass is 79.9. The molecule has 0 bridgehead atoms. The van der Waals surface area contributed by atoms with Gasteiger partial charge in [-0.1, -0.05) is 0 Å². The maximum absolute atomic E-state index is 12.8. The lowest BCUT2D eigenvalue weighted by molar-refractivity contribution is -0.117. The minimum Gasteiger partial charge on any atom is -0.457 e. The van der Waals surface area contributed by atoms with E-state index in [-0.39, 0.29) is 30.4 Å². The number of rotatable bonds is 7. The fraction of sp³-hybridized carbons (Fsp3) is 0.360. The molecule has 2 aliphatic rings. The van der Waals surface area contributed by atoms with Crippen molar-refractivity contribution in [2.45, 2.75) is 51.6 Å². The first-order valence-electron chi connectivity index (χ1n) is 11.7. The van der Waals surface area contributed by atoms with E-state index in [9.17, 15) is 4.79 Å². The van der Waals surface area contributed by atoms with Crippen molar-refractivity contribution in [3.8, 4) is 6.01 Å². The molecule has 6 rings (SSSR count). The van der Waals surface area contributed by atoms with Gasteiger partial charge < -0.3 is 14.5 Å². The van der Waals surface area contributed by atoms with Gasteiger partial charge in [0.1, 0.15) is 18.2 Å². The number of pyridine rings is 1. The molecule has 2 saturated carbocycles. The fourth-order valence-corrected chi connectivity index (χ4v) is 4.84. The van der Waals surface area contributed by atoms with Crippen LogP contribution >= 0.6 is 15.9 Å². The third kappa shape index (κ3) is 4.75. The molecule has 2 unspecified atom stereocenters. The van der Waals surface area contributed by atoms with Crippen LogP contribution in [0.25, 0.3) is 5.65 Å². The number of aryl methyl sites for hydroxylation is 2. The van der Waals surface area contributed by atoms with Crippen LogP contribution in [0.15, 0.2) is 41.3 Å². The standard InChI is InChI=1S/C25H24BrN7O2/c1-13-5-6-27-22(28-13)18-9-19(18)24(34)31-21-7-14(2)29-25(32-21)35-12-17-11-33-10-16(15-3-4-15)8-20(26)23(33)30-17/h5-8,10-11,15,18-19H,3-4,9,12H2,1-2H3,(H,29,31,32,34). The van der Waals surface area contributed by atoms with E-state index in [0.717, 1.165) is 33.8 Å². The number of nitrogens with zero attached hydrogens (tertiary/aromatic N) is 6. The van der Waals surface area contributed by atoms with Gasteiger partial charge in [0, 0.05) is 47.9 Å². The number of halogens is 1. The van der Waals surface area contributed by atoms with E-state index in [1.54, 1.807) is 12.3 Å². The molecule has 10 heteroatoms. The predicted octanol–water partition coefficient (Wildman–Crippen LogP) is 4.49. The van der Waals surface area contributed by atoms with Gasteiger partial charge in [0.05, 0.1) is 10.2 Å². The SMILES string of the molecule is Cc1cc(NC(=O)C2CC2c2nccc(C)n2)nc(OCc2cn3cc(C4CC4)cc(Br)c3n2)n1. The molecule has 4 aromatic rings. The highest BCUT2D eigenvalue weighted by Gasteiger charge is 2.46. The van der Waals surface area contributed by atoms with E-state index in [1.165, 1.54) is 18.4 Å². The van der Waals surface area contributed by atoms with Crippen LogP contribution in [0.4, 0.5) is 5.82 Å². The van der Waals surface area contributed by atoms with Crippen molar-refractivity contribution in [1.82, 2.24) is 29.3 Å². The molecule has 1 amide bonds. The van der Waals surface area contributed by atoms with E-state index >= 15 is 0 Å². The summed E-state index contributed by atoms with van der Waals surface area (Å²) in [6, 6.07) is 5.93. The molecule has 0 aromatic carbocycles. The molecule has 2 fully saturated rings. The third-order valence-corrected chi connectivity index (χ3v) is 6.92. The van der Waals surface area contributed by atoms with E-state index in [0.29, 0.717) is 17.4 Å². The molecule has 0 saturated heterocycles. The number of ether oxygens (including phenoxy) is 1. The van der Waals surface area contributed by atoms with Gasteiger partial charge in [0.15, 0.2) is 5.65 Å². The number of carbonyl (C=O) groups is 1. The Labute approximate surface area is 210 Å². The van der Waals surface area contributed by atoms with Crippen LogP contribution in [0, 0.1) is 19.8 Å². The number of aromatic nitrogens is 6. The summed E-state index contributed by atoms with van der Waals surface area (Å²) in [5.41, 5.74) is 4.54. The summed E-state index contributed by atoms with van der Waals surface area (Å²) in [4.78, 5) is 34.9. The van der Waals surface area contributed by atoms with Crippen molar-refractivity contribution in [2.75, 3.05) is 5.32 Å². The monoisotopic (exact) mass is 533 g/mol. The van der Waals surface area contributed by atoms with Gasteiger partial charge in [-0.3, -0.25) is 4.79 Å². The lowest BCUT2D eigenvalue weighted by Crippen LogP contribution is -2.16. The fourth-order valence-electron chi connectivity index (χ4n) is 4.28. The van der Waals surface area contributed by atoms with E-state index in [2.05, 4.69) is 58.4 Å². The first-order chi connectivity index (χ1) is 16.9. The molecular weight excluding hydrogens is 510 g/mol. The van der Waals surface area contributed by atoms with E-state index in [1.807, 2.05) is 30.5 Å². The lowest BCUT2D eigenvalue weighted by Gasteiger charge is -2.08. The number of hydrogen-bond donors (Lipinski definition) is 1. The molecule has 2 atom stereocenters. The van der Waals surface area contributed by atoms with Crippen LogP contribution in [0.1, 0.15) is 59.6 Å². The highest BCUT2D eigenvalue weighted by Crippen LogP contribution is 2.46. The van der Waals surface area contributed by atoms with Crippen molar-refractivity contribution in [2.24, 2.45) is 5.92 Å². The number of nitrogens with one attached hydrogen (secondary N) is 1. The Hall–Kier alpha value is -3.40. The molecule has 4 heterocycles. The Kier molecular flexibility index (Phi) is 5.47. The summed E-state index contributed by atoms with van der Waals surface area (Å²) in [5, 5.41) is 2.90. The van der Waals surface area contributed by atoms with Crippen LogP contribution in [-0.4, -0.2) is 35.2 Å². The molecule has 1 N–H and O–H groups in total. The second-order valence-corrected chi connectivity index (χ2v) is 10.2. The molecular formula is C25H24BrN7O2. The average Bonchev–Trinajstić information content (AvgIpc) is 3.74. The predicted molar refractivity (Wildman–Crippen MR) is 132 cm³/mol. The highest BCUT2D eigenvalue weighted by molar-refractivity contribution is 9.10. The second kappa shape index (κ2) is 8.67. The van der Waals surface area contributed by atoms with Gasteiger partial charge in [-0.15, -0.1) is 0 Å². The van der Waals surface area contributed by atoms with Crippen molar-refractivity contribution in [3.05, 3.63) is 69.7 Å². The number of anilines is 1. The number of carbonyl (C=O) groups excluding carboxylic acids is 1. The Morgan fingerprint density at radius 2 is 2.00 bits per heavy atom. The Morgan fingerprint density at radius 3 is 2.80 bits per heavy atom. The smallest absolute Gasteiger partial charge is 0.318 e. The summed E-state index contributed by atoms with van der Waals surface area (Å²) in [6.07, 6.45) is 9.05. The Morgan fingerprint density at radius 1 is 1.14 bits per heavy atom. The zero-order chi connectivity index (χ0) is 24.1. The van der Waals surface area contributed by atoms with Crippen LogP contribution < -0.4 is 10.1 Å². The first kappa shape index (κ1) is 22.1. The zero-order valence-corrected chi connectivity index (χ0v) is 21.0. The molecule has 178 valence electrons. The van der Waals surface area contributed by atoms with Gasteiger partial charge in [0.25, 0.3) is 0 Å². The van der Waals surface area contributed by atoms with Crippen LogP contribution in [0.3, 0.4) is 0 Å².